The number of nitrogens with one attached hydrogen (secondary N) is 1. The summed E-state index contributed by atoms with van der Waals surface area (Å²) in [6.45, 7) is 0. The van der Waals surface area contributed by atoms with E-state index >= 15 is 0 Å². The summed E-state index contributed by atoms with van der Waals surface area (Å²) in [5, 5.41) is 13.1. The molecule has 78 valence electrons. The maximum Gasteiger partial charge on any atom is 0.328 e. The van der Waals surface area contributed by atoms with E-state index in [4.69, 9.17) is 16.7 Å². The second-order valence-electron chi connectivity index (χ2n) is 3.12. The minimum absolute atomic E-state index is 0.298. The molecule has 15 heavy (non-hydrogen) atoms. The number of aromatic nitrogens is 1. The van der Waals surface area contributed by atoms with E-state index in [0.717, 1.165) is 0 Å². The quantitative estimate of drug-likeness (QED) is 0.784. The fourth-order valence-corrected chi connectivity index (χ4v) is 1.56. The van der Waals surface area contributed by atoms with Crippen molar-refractivity contribution in [2.24, 2.45) is 5.10 Å². The Morgan fingerprint density at radius 3 is 3.07 bits per heavy atom. The number of hydrogen-bond donors (Lipinski definition) is 2. The van der Waals surface area contributed by atoms with Gasteiger partial charge in [0, 0.05) is 12.6 Å². The number of carboxylic acids is 1. The standard InChI is InChI=1S/C9H8ClN3O2/c10-5-2-1-3-11-8(5)6-4-7(9(14)15)13-12-6/h1-3,7,13H,4H2,(H,14,15). The Hall–Kier alpha value is -1.62. The highest BCUT2D eigenvalue weighted by atomic mass is 35.5. The van der Waals surface area contributed by atoms with Gasteiger partial charge in [-0.2, -0.15) is 5.10 Å². The molecule has 0 fully saturated rings. The Morgan fingerprint density at radius 1 is 1.67 bits per heavy atom. The van der Waals surface area contributed by atoms with Gasteiger partial charge in [0.15, 0.2) is 0 Å². The van der Waals surface area contributed by atoms with Crippen LogP contribution in [0.5, 0.6) is 0 Å². The Kier molecular flexibility index (Phi) is 2.55. The molecule has 1 aromatic rings. The molecule has 2 heterocycles. The fourth-order valence-electron chi connectivity index (χ4n) is 1.33. The van der Waals surface area contributed by atoms with Gasteiger partial charge < -0.3 is 5.11 Å². The van der Waals surface area contributed by atoms with Crippen molar-refractivity contribution >= 4 is 23.3 Å². The van der Waals surface area contributed by atoms with E-state index in [1.54, 1.807) is 18.3 Å². The van der Waals surface area contributed by atoms with E-state index in [1.165, 1.54) is 0 Å². The third-order valence-electron chi connectivity index (χ3n) is 2.08. The fraction of sp³-hybridized carbons (Fsp3) is 0.222. The maximum atomic E-state index is 10.7. The lowest BCUT2D eigenvalue weighted by Crippen LogP contribution is -2.29. The lowest BCUT2D eigenvalue weighted by Gasteiger charge is -2.02. The SMILES string of the molecule is O=C(O)C1CC(c2ncccc2Cl)=NN1. The second kappa shape index (κ2) is 3.86. The van der Waals surface area contributed by atoms with Crippen molar-refractivity contribution < 1.29 is 9.90 Å². The van der Waals surface area contributed by atoms with Gasteiger partial charge in [0.2, 0.25) is 0 Å². The molecule has 1 aliphatic rings. The van der Waals surface area contributed by atoms with Crippen molar-refractivity contribution in [2.75, 3.05) is 0 Å². The number of halogens is 1. The van der Waals surface area contributed by atoms with Crippen molar-refractivity contribution in [3.8, 4) is 0 Å². The zero-order valence-electron chi connectivity index (χ0n) is 7.64. The van der Waals surface area contributed by atoms with E-state index in [0.29, 0.717) is 22.8 Å². The average Bonchev–Trinajstić information content (AvgIpc) is 2.67. The summed E-state index contributed by atoms with van der Waals surface area (Å²) >= 11 is 5.91. The zero-order valence-corrected chi connectivity index (χ0v) is 8.40. The van der Waals surface area contributed by atoms with E-state index in [9.17, 15) is 4.79 Å². The van der Waals surface area contributed by atoms with Crippen LogP contribution in [0.1, 0.15) is 12.1 Å². The van der Waals surface area contributed by atoms with Crippen molar-refractivity contribution in [1.29, 1.82) is 0 Å². The minimum Gasteiger partial charge on any atom is -0.480 e. The molecule has 6 heteroatoms. The third kappa shape index (κ3) is 1.92. The molecule has 0 spiro atoms. The molecule has 0 radical (unpaired) electrons. The van der Waals surface area contributed by atoms with Gasteiger partial charge in [-0.1, -0.05) is 11.6 Å². The minimum atomic E-state index is -0.930. The second-order valence-corrected chi connectivity index (χ2v) is 3.52. The van der Waals surface area contributed by atoms with Crippen LogP contribution in [-0.2, 0) is 4.79 Å². The first kappa shape index (κ1) is 9.92. The van der Waals surface area contributed by atoms with Crippen LogP contribution in [0.3, 0.4) is 0 Å². The maximum absolute atomic E-state index is 10.7. The molecule has 0 bridgehead atoms. The van der Waals surface area contributed by atoms with Gasteiger partial charge in [-0.25, -0.2) is 4.79 Å². The topological polar surface area (TPSA) is 74.6 Å². The number of pyridine rings is 1. The predicted octanol–water partition coefficient (Wildman–Crippen LogP) is 0.886. The molecule has 1 aliphatic heterocycles. The normalized spacial score (nSPS) is 19.5. The summed E-state index contributed by atoms with van der Waals surface area (Å²) in [5.74, 6) is -0.930. The van der Waals surface area contributed by atoms with Crippen LogP contribution >= 0.6 is 11.6 Å². The smallest absolute Gasteiger partial charge is 0.328 e. The molecule has 2 N–H and O–H groups in total. The zero-order chi connectivity index (χ0) is 10.8. The average molecular weight is 226 g/mol. The number of aliphatic carboxylic acids is 1. The summed E-state index contributed by atoms with van der Waals surface area (Å²) in [5.41, 5.74) is 3.64. The van der Waals surface area contributed by atoms with Gasteiger partial charge >= 0.3 is 5.97 Å². The largest absolute Gasteiger partial charge is 0.480 e. The molecule has 1 aromatic heterocycles. The Balaban J connectivity index is 2.21. The molecule has 2 rings (SSSR count). The molecule has 0 amide bonds. The summed E-state index contributed by atoms with van der Waals surface area (Å²) in [6.07, 6.45) is 1.89. The molecular weight excluding hydrogens is 218 g/mol. The van der Waals surface area contributed by atoms with Crippen molar-refractivity contribution in [3.63, 3.8) is 0 Å². The number of carboxylic acid groups (broad SMARTS) is 1. The lowest BCUT2D eigenvalue weighted by atomic mass is 10.1. The molecular formula is C9H8ClN3O2. The van der Waals surface area contributed by atoms with Crippen molar-refractivity contribution in [2.45, 2.75) is 12.5 Å². The summed E-state index contributed by atoms with van der Waals surface area (Å²) in [4.78, 5) is 14.7. The van der Waals surface area contributed by atoms with Gasteiger partial charge in [0.25, 0.3) is 0 Å². The van der Waals surface area contributed by atoms with Crippen LogP contribution in [0, 0.1) is 0 Å². The third-order valence-corrected chi connectivity index (χ3v) is 2.39. The Labute approximate surface area is 90.8 Å². The number of carbonyl (C=O) groups is 1. The molecule has 0 saturated heterocycles. The van der Waals surface area contributed by atoms with Gasteiger partial charge in [-0.05, 0) is 12.1 Å². The summed E-state index contributed by atoms with van der Waals surface area (Å²) in [6, 6.07) is 2.72. The molecule has 1 unspecified atom stereocenters. The first-order chi connectivity index (χ1) is 7.18. The summed E-state index contributed by atoms with van der Waals surface area (Å²) in [7, 11) is 0. The van der Waals surface area contributed by atoms with E-state index in [1.807, 2.05) is 0 Å². The van der Waals surface area contributed by atoms with Gasteiger partial charge in [0.05, 0.1) is 10.7 Å². The molecule has 1 atom stereocenters. The lowest BCUT2D eigenvalue weighted by molar-refractivity contribution is -0.139. The van der Waals surface area contributed by atoms with Crippen LogP contribution in [0.2, 0.25) is 5.02 Å². The summed E-state index contributed by atoms with van der Waals surface area (Å²) < 4.78 is 0. The highest BCUT2D eigenvalue weighted by Crippen LogP contribution is 2.18. The Morgan fingerprint density at radius 2 is 2.47 bits per heavy atom. The number of hydrogen-bond acceptors (Lipinski definition) is 4. The molecule has 0 aromatic carbocycles. The molecule has 5 nitrogen and oxygen atoms in total. The monoisotopic (exact) mass is 225 g/mol. The molecule has 0 saturated carbocycles. The van der Waals surface area contributed by atoms with Crippen LogP contribution in [0.15, 0.2) is 23.4 Å². The highest BCUT2D eigenvalue weighted by molar-refractivity contribution is 6.34. The van der Waals surface area contributed by atoms with Crippen LogP contribution < -0.4 is 5.43 Å². The van der Waals surface area contributed by atoms with Crippen LogP contribution in [0.4, 0.5) is 0 Å². The van der Waals surface area contributed by atoms with E-state index in [-0.39, 0.29) is 0 Å². The van der Waals surface area contributed by atoms with E-state index in [2.05, 4.69) is 15.5 Å². The van der Waals surface area contributed by atoms with Crippen LogP contribution in [-0.4, -0.2) is 27.8 Å². The van der Waals surface area contributed by atoms with Crippen LogP contribution in [0.25, 0.3) is 0 Å². The van der Waals surface area contributed by atoms with Crippen molar-refractivity contribution in [1.82, 2.24) is 10.4 Å². The van der Waals surface area contributed by atoms with Crippen molar-refractivity contribution in [3.05, 3.63) is 29.0 Å². The predicted molar refractivity (Wildman–Crippen MR) is 55.0 cm³/mol. The number of hydrazone groups is 1. The first-order valence-corrected chi connectivity index (χ1v) is 4.72. The molecule has 0 aliphatic carbocycles. The van der Waals surface area contributed by atoms with Gasteiger partial charge in [0.1, 0.15) is 11.7 Å². The van der Waals surface area contributed by atoms with Gasteiger partial charge in [-0.15, -0.1) is 0 Å². The number of nitrogens with zero attached hydrogens (tertiary/aromatic N) is 2. The number of rotatable bonds is 2. The van der Waals surface area contributed by atoms with E-state index < -0.39 is 12.0 Å². The highest BCUT2D eigenvalue weighted by Gasteiger charge is 2.26. The van der Waals surface area contributed by atoms with Gasteiger partial charge in [-0.3, -0.25) is 10.4 Å². The first-order valence-electron chi connectivity index (χ1n) is 4.34. The Bertz CT molecular complexity index is 433.